The van der Waals surface area contributed by atoms with Crippen LogP contribution in [0.15, 0.2) is 0 Å². The van der Waals surface area contributed by atoms with E-state index in [4.69, 9.17) is 9.84 Å². The first-order valence-corrected chi connectivity index (χ1v) is 3.66. The Kier molecular flexibility index (Phi) is 2.15. The lowest BCUT2D eigenvalue weighted by molar-refractivity contribution is -0.187. The highest BCUT2D eigenvalue weighted by Crippen LogP contribution is 2.34. The monoisotopic (exact) mass is 160 g/mol. The van der Waals surface area contributed by atoms with Gasteiger partial charge in [-0.05, 0) is 6.92 Å². The quantitative estimate of drug-likeness (QED) is 0.610. The summed E-state index contributed by atoms with van der Waals surface area (Å²) in [6.45, 7) is 2.42. The van der Waals surface area contributed by atoms with E-state index >= 15 is 0 Å². The van der Waals surface area contributed by atoms with Crippen LogP contribution in [0.5, 0.6) is 0 Å². The number of hydrogen-bond acceptors (Lipinski definition) is 3. The van der Waals surface area contributed by atoms with E-state index in [0.717, 1.165) is 0 Å². The zero-order valence-electron chi connectivity index (χ0n) is 6.41. The zero-order valence-corrected chi connectivity index (χ0v) is 6.41. The van der Waals surface area contributed by atoms with Crippen molar-refractivity contribution in [2.75, 3.05) is 6.61 Å². The van der Waals surface area contributed by atoms with Crippen molar-refractivity contribution in [3.05, 3.63) is 0 Å². The maximum atomic E-state index is 10.3. The second-order valence-electron chi connectivity index (χ2n) is 2.82. The molecule has 0 radical (unpaired) electrons. The van der Waals surface area contributed by atoms with Gasteiger partial charge in [-0.25, -0.2) is 4.79 Å². The summed E-state index contributed by atoms with van der Waals surface area (Å²) in [6.07, 6.45) is 0.368. The molecule has 1 aliphatic rings. The van der Waals surface area contributed by atoms with Gasteiger partial charge in [0.15, 0.2) is 5.60 Å². The summed E-state index contributed by atoms with van der Waals surface area (Å²) in [5.41, 5.74) is -1.51. The van der Waals surface area contributed by atoms with Crippen molar-refractivity contribution in [3.8, 4) is 0 Å². The lowest BCUT2D eigenvalue weighted by Gasteiger charge is -2.39. The fourth-order valence-corrected chi connectivity index (χ4v) is 1.22. The number of rotatable bonds is 3. The molecular weight excluding hydrogens is 148 g/mol. The smallest absolute Gasteiger partial charge is 0.335 e. The first-order valence-electron chi connectivity index (χ1n) is 3.66. The predicted octanol–water partition coefficient (Wildman–Crippen LogP) is 0.001000. The van der Waals surface area contributed by atoms with Crippen molar-refractivity contribution in [1.82, 2.24) is 0 Å². The van der Waals surface area contributed by atoms with Crippen LogP contribution in [0.25, 0.3) is 0 Å². The third-order valence-electron chi connectivity index (χ3n) is 1.93. The van der Waals surface area contributed by atoms with Crippen LogP contribution in [0.1, 0.15) is 19.8 Å². The summed E-state index contributed by atoms with van der Waals surface area (Å²) in [5.74, 6) is -1.14. The summed E-state index contributed by atoms with van der Waals surface area (Å²) >= 11 is 0. The minimum atomic E-state index is -1.51. The number of carboxylic acid groups (broad SMARTS) is 1. The van der Waals surface area contributed by atoms with Crippen molar-refractivity contribution < 1.29 is 19.7 Å². The molecule has 1 fully saturated rings. The Balaban J connectivity index is 2.32. The predicted molar refractivity (Wildman–Crippen MR) is 37.2 cm³/mol. The molecule has 1 saturated carbocycles. The van der Waals surface area contributed by atoms with Gasteiger partial charge in [-0.2, -0.15) is 0 Å². The number of ether oxygens (including phenoxy) is 1. The standard InChI is InChI=1S/C7H12O4/c1-2-11-5-3-7(10,4-5)6(8)9/h5,10H,2-4H2,1H3,(H,8,9). The van der Waals surface area contributed by atoms with Gasteiger partial charge in [0, 0.05) is 19.4 Å². The van der Waals surface area contributed by atoms with Crippen molar-refractivity contribution in [1.29, 1.82) is 0 Å². The van der Waals surface area contributed by atoms with Crippen LogP contribution in [0, 0.1) is 0 Å². The maximum absolute atomic E-state index is 10.3. The van der Waals surface area contributed by atoms with E-state index in [9.17, 15) is 9.90 Å². The van der Waals surface area contributed by atoms with Crippen LogP contribution in [0.3, 0.4) is 0 Å². The lowest BCUT2D eigenvalue weighted by atomic mass is 9.77. The van der Waals surface area contributed by atoms with Crippen LogP contribution >= 0.6 is 0 Å². The molecule has 1 rings (SSSR count). The molecule has 0 spiro atoms. The average Bonchev–Trinajstić information content (AvgIpc) is 1.84. The fourth-order valence-electron chi connectivity index (χ4n) is 1.22. The zero-order chi connectivity index (χ0) is 8.48. The molecule has 0 saturated heterocycles. The highest BCUT2D eigenvalue weighted by atomic mass is 16.5. The normalized spacial score (nSPS) is 36.4. The second-order valence-corrected chi connectivity index (χ2v) is 2.82. The fraction of sp³-hybridized carbons (Fsp3) is 0.857. The first kappa shape index (κ1) is 8.49. The SMILES string of the molecule is CCOC1CC(O)(C(=O)O)C1. The van der Waals surface area contributed by atoms with Crippen LogP contribution < -0.4 is 0 Å². The highest BCUT2D eigenvalue weighted by Gasteiger charge is 2.49. The Morgan fingerprint density at radius 3 is 2.64 bits per heavy atom. The molecule has 0 atom stereocenters. The van der Waals surface area contributed by atoms with Crippen LogP contribution in [-0.4, -0.2) is 34.5 Å². The van der Waals surface area contributed by atoms with Gasteiger partial charge in [0.2, 0.25) is 0 Å². The van der Waals surface area contributed by atoms with E-state index in [2.05, 4.69) is 0 Å². The van der Waals surface area contributed by atoms with Crippen molar-refractivity contribution >= 4 is 5.97 Å². The Morgan fingerprint density at radius 2 is 2.27 bits per heavy atom. The van der Waals surface area contributed by atoms with E-state index in [1.807, 2.05) is 6.92 Å². The topological polar surface area (TPSA) is 66.8 Å². The van der Waals surface area contributed by atoms with E-state index in [-0.39, 0.29) is 18.9 Å². The third kappa shape index (κ3) is 1.52. The molecule has 0 heterocycles. The lowest BCUT2D eigenvalue weighted by Crippen LogP contribution is -2.54. The third-order valence-corrected chi connectivity index (χ3v) is 1.93. The van der Waals surface area contributed by atoms with Gasteiger partial charge >= 0.3 is 5.97 Å². The molecular formula is C7H12O4. The molecule has 0 bridgehead atoms. The minimum absolute atomic E-state index is 0.0684. The highest BCUT2D eigenvalue weighted by molar-refractivity contribution is 5.78. The Morgan fingerprint density at radius 1 is 1.73 bits per heavy atom. The Labute approximate surface area is 64.8 Å². The molecule has 0 aromatic carbocycles. The van der Waals surface area contributed by atoms with Crippen LogP contribution in [0.4, 0.5) is 0 Å². The number of carboxylic acids is 1. The van der Waals surface area contributed by atoms with Gasteiger partial charge in [-0.3, -0.25) is 0 Å². The van der Waals surface area contributed by atoms with Crippen molar-refractivity contribution in [3.63, 3.8) is 0 Å². The second kappa shape index (κ2) is 2.79. The summed E-state index contributed by atoms with van der Waals surface area (Å²) in [5, 5.41) is 17.7. The summed E-state index contributed by atoms with van der Waals surface area (Å²) in [4.78, 5) is 10.3. The molecule has 0 aliphatic heterocycles. The number of hydrogen-bond donors (Lipinski definition) is 2. The molecule has 64 valence electrons. The van der Waals surface area contributed by atoms with Gasteiger partial charge in [0.05, 0.1) is 6.10 Å². The van der Waals surface area contributed by atoms with E-state index < -0.39 is 11.6 Å². The summed E-state index contributed by atoms with van der Waals surface area (Å²) < 4.78 is 5.10. The van der Waals surface area contributed by atoms with Crippen LogP contribution in [0.2, 0.25) is 0 Å². The number of carbonyl (C=O) groups is 1. The van der Waals surface area contributed by atoms with Crippen molar-refractivity contribution in [2.24, 2.45) is 0 Å². The van der Waals surface area contributed by atoms with E-state index in [1.165, 1.54) is 0 Å². The van der Waals surface area contributed by atoms with Gasteiger partial charge in [-0.1, -0.05) is 0 Å². The average molecular weight is 160 g/mol. The molecule has 1 aliphatic carbocycles. The number of aliphatic carboxylic acids is 1. The van der Waals surface area contributed by atoms with Crippen LogP contribution in [-0.2, 0) is 9.53 Å². The molecule has 0 aromatic rings. The summed E-state index contributed by atoms with van der Waals surface area (Å²) in [6, 6.07) is 0. The molecule has 2 N–H and O–H groups in total. The Hall–Kier alpha value is -0.610. The molecule has 11 heavy (non-hydrogen) atoms. The maximum Gasteiger partial charge on any atom is 0.335 e. The van der Waals surface area contributed by atoms with Gasteiger partial charge in [0.1, 0.15) is 0 Å². The molecule has 0 unspecified atom stereocenters. The summed E-state index contributed by atoms with van der Waals surface area (Å²) in [7, 11) is 0. The van der Waals surface area contributed by atoms with Gasteiger partial charge in [0.25, 0.3) is 0 Å². The first-order chi connectivity index (χ1) is 5.08. The molecule has 4 heteroatoms. The molecule has 0 amide bonds. The van der Waals surface area contributed by atoms with Gasteiger partial charge < -0.3 is 14.9 Å². The molecule has 4 nitrogen and oxygen atoms in total. The van der Waals surface area contributed by atoms with E-state index in [0.29, 0.717) is 6.61 Å². The van der Waals surface area contributed by atoms with Gasteiger partial charge in [-0.15, -0.1) is 0 Å². The van der Waals surface area contributed by atoms with E-state index in [1.54, 1.807) is 0 Å². The Bertz CT molecular complexity index is 160. The molecule has 0 aromatic heterocycles. The minimum Gasteiger partial charge on any atom is -0.479 e. The number of aliphatic hydroxyl groups is 1. The van der Waals surface area contributed by atoms with Crippen molar-refractivity contribution in [2.45, 2.75) is 31.5 Å². The largest absolute Gasteiger partial charge is 0.479 e.